The number of hydrogen-bond donors (Lipinski definition) is 1. The highest BCUT2D eigenvalue weighted by molar-refractivity contribution is 9.10. The van der Waals surface area contributed by atoms with Gasteiger partial charge in [0.15, 0.2) is 0 Å². The lowest BCUT2D eigenvalue weighted by molar-refractivity contribution is 0.552. The van der Waals surface area contributed by atoms with Crippen molar-refractivity contribution in [3.8, 4) is 0 Å². The molecule has 1 aliphatic rings. The van der Waals surface area contributed by atoms with Crippen molar-refractivity contribution in [2.24, 2.45) is 5.92 Å². The Morgan fingerprint density at radius 1 is 1.29 bits per heavy atom. The van der Waals surface area contributed by atoms with Crippen LogP contribution in [-0.4, -0.2) is 30.1 Å². The van der Waals surface area contributed by atoms with Crippen LogP contribution in [0.5, 0.6) is 0 Å². The van der Waals surface area contributed by atoms with Gasteiger partial charge in [0.2, 0.25) is 0 Å². The molecule has 1 aliphatic heterocycles. The summed E-state index contributed by atoms with van der Waals surface area (Å²) < 4.78 is 1.22. The second-order valence-corrected chi connectivity index (χ2v) is 9.20. The maximum atomic E-state index is 3.74. The minimum Gasteiger partial charge on any atom is -0.369 e. The average Bonchev–Trinajstić information content (AvgIpc) is 2.39. The lowest BCUT2D eigenvalue weighted by Crippen LogP contribution is -2.40. The molecule has 0 amide bonds. The van der Waals surface area contributed by atoms with Crippen LogP contribution in [0, 0.1) is 5.92 Å². The number of benzene rings is 1. The van der Waals surface area contributed by atoms with Crippen LogP contribution >= 0.6 is 27.7 Å². The highest BCUT2D eigenvalue weighted by Crippen LogP contribution is 2.31. The summed E-state index contributed by atoms with van der Waals surface area (Å²) in [7, 11) is 0. The van der Waals surface area contributed by atoms with Crippen molar-refractivity contribution in [3.63, 3.8) is 0 Å². The second kappa shape index (κ2) is 7.89. The molecule has 21 heavy (non-hydrogen) atoms. The Bertz CT molecular complexity index is 454. The van der Waals surface area contributed by atoms with Crippen molar-refractivity contribution in [1.82, 2.24) is 5.32 Å². The number of thioether (sulfide) groups is 1. The molecule has 0 aromatic heterocycles. The average molecular weight is 371 g/mol. The third-order valence-corrected chi connectivity index (χ3v) is 5.66. The molecule has 1 aromatic carbocycles. The van der Waals surface area contributed by atoms with Crippen LogP contribution in [0.3, 0.4) is 0 Å². The van der Waals surface area contributed by atoms with E-state index < -0.39 is 0 Å². The maximum absolute atomic E-state index is 3.74. The van der Waals surface area contributed by atoms with Crippen LogP contribution in [0.2, 0.25) is 0 Å². The fourth-order valence-corrected chi connectivity index (χ4v) is 4.59. The highest BCUT2D eigenvalue weighted by atomic mass is 79.9. The lowest BCUT2D eigenvalue weighted by atomic mass is 10.1. The fourth-order valence-electron chi connectivity index (χ4n) is 2.76. The van der Waals surface area contributed by atoms with Crippen molar-refractivity contribution in [1.29, 1.82) is 0 Å². The molecule has 2 rings (SSSR count). The van der Waals surface area contributed by atoms with Gasteiger partial charge in [-0.15, -0.1) is 0 Å². The Balaban J connectivity index is 2.01. The summed E-state index contributed by atoms with van der Waals surface area (Å²) in [5.41, 5.74) is 2.68. The van der Waals surface area contributed by atoms with Gasteiger partial charge in [-0.25, -0.2) is 0 Å². The van der Waals surface area contributed by atoms with Gasteiger partial charge in [0.25, 0.3) is 0 Å². The molecular formula is C17H27BrN2S. The third-order valence-electron chi connectivity index (χ3n) is 3.69. The number of nitrogens with zero attached hydrogens (tertiary/aromatic N) is 1. The van der Waals surface area contributed by atoms with Gasteiger partial charge in [0, 0.05) is 40.3 Å². The standard InChI is InChI=1S/C17H27BrN2S/c1-12(2)8-19-9-15-5-6-16(7-17(15)18)20-10-13(3)21-14(4)11-20/h5-7,12-14,19H,8-11H2,1-4H3. The van der Waals surface area contributed by atoms with Gasteiger partial charge in [-0.2, -0.15) is 11.8 Å². The Morgan fingerprint density at radius 3 is 2.52 bits per heavy atom. The molecule has 2 atom stereocenters. The van der Waals surface area contributed by atoms with Gasteiger partial charge >= 0.3 is 0 Å². The summed E-state index contributed by atoms with van der Waals surface area (Å²) in [6, 6.07) is 6.80. The zero-order valence-corrected chi connectivity index (χ0v) is 15.9. The predicted molar refractivity (Wildman–Crippen MR) is 99.4 cm³/mol. The van der Waals surface area contributed by atoms with Crippen molar-refractivity contribution in [3.05, 3.63) is 28.2 Å². The van der Waals surface area contributed by atoms with Gasteiger partial charge in [-0.05, 0) is 30.2 Å². The van der Waals surface area contributed by atoms with Crippen molar-refractivity contribution in [2.75, 3.05) is 24.5 Å². The summed E-state index contributed by atoms with van der Waals surface area (Å²) in [5.74, 6) is 0.692. The Hall–Kier alpha value is -0.190. The summed E-state index contributed by atoms with van der Waals surface area (Å²) in [6.45, 7) is 13.4. The Kier molecular flexibility index (Phi) is 6.45. The molecule has 1 aromatic rings. The zero-order chi connectivity index (χ0) is 15.4. The largest absolute Gasteiger partial charge is 0.369 e. The van der Waals surface area contributed by atoms with E-state index in [9.17, 15) is 0 Å². The molecule has 0 aliphatic carbocycles. The molecule has 1 saturated heterocycles. The molecule has 1 N–H and O–H groups in total. The van der Waals surface area contributed by atoms with E-state index in [1.165, 1.54) is 15.7 Å². The highest BCUT2D eigenvalue weighted by Gasteiger charge is 2.22. The predicted octanol–water partition coefficient (Wildman–Crippen LogP) is 4.52. The van der Waals surface area contributed by atoms with Gasteiger partial charge in [0.05, 0.1) is 0 Å². The minimum absolute atomic E-state index is 0.692. The molecule has 4 heteroatoms. The SMILES string of the molecule is CC(C)CNCc1ccc(N2CC(C)SC(C)C2)cc1Br. The molecule has 2 unspecified atom stereocenters. The number of rotatable bonds is 5. The van der Waals surface area contributed by atoms with E-state index in [-0.39, 0.29) is 0 Å². The fraction of sp³-hybridized carbons (Fsp3) is 0.647. The van der Waals surface area contributed by atoms with E-state index in [4.69, 9.17) is 0 Å². The van der Waals surface area contributed by atoms with E-state index in [0.29, 0.717) is 16.4 Å². The second-order valence-electron chi connectivity index (χ2n) is 6.46. The Labute approximate surface area is 142 Å². The Morgan fingerprint density at radius 2 is 1.95 bits per heavy atom. The minimum atomic E-state index is 0.692. The van der Waals surface area contributed by atoms with Crippen LogP contribution < -0.4 is 10.2 Å². The van der Waals surface area contributed by atoms with Gasteiger partial charge in [-0.1, -0.05) is 49.7 Å². The molecular weight excluding hydrogens is 344 g/mol. The van der Waals surface area contributed by atoms with Gasteiger partial charge < -0.3 is 10.2 Å². The van der Waals surface area contributed by atoms with E-state index in [1.807, 2.05) is 0 Å². The van der Waals surface area contributed by atoms with E-state index >= 15 is 0 Å². The molecule has 0 saturated carbocycles. The first-order chi connectivity index (χ1) is 9.95. The summed E-state index contributed by atoms with van der Waals surface area (Å²) >= 11 is 5.84. The summed E-state index contributed by atoms with van der Waals surface area (Å²) in [5, 5.41) is 4.92. The first-order valence-corrected chi connectivity index (χ1v) is 9.59. The molecule has 0 spiro atoms. The van der Waals surface area contributed by atoms with E-state index in [0.717, 1.165) is 26.2 Å². The van der Waals surface area contributed by atoms with Crippen LogP contribution in [-0.2, 0) is 6.54 Å². The maximum Gasteiger partial charge on any atom is 0.0378 e. The zero-order valence-electron chi connectivity index (χ0n) is 13.5. The first kappa shape index (κ1) is 17.2. The molecule has 1 heterocycles. The number of halogens is 1. The number of nitrogens with one attached hydrogen (secondary N) is 1. The molecule has 2 nitrogen and oxygen atoms in total. The lowest BCUT2D eigenvalue weighted by Gasteiger charge is -2.36. The van der Waals surface area contributed by atoms with Gasteiger partial charge in [-0.3, -0.25) is 0 Å². The monoisotopic (exact) mass is 370 g/mol. The summed E-state index contributed by atoms with van der Waals surface area (Å²) in [4.78, 5) is 2.52. The van der Waals surface area contributed by atoms with Crippen LogP contribution in [0.25, 0.3) is 0 Å². The van der Waals surface area contributed by atoms with Crippen LogP contribution in [0.1, 0.15) is 33.3 Å². The summed E-state index contributed by atoms with van der Waals surface area (Å²) in [6.07, 6.45) is 0. The normalized spacial score (nSPS) is 22.9. The van der Waals surface area contributed by atoms with E-state index in [2.05, 4.69) is 83.8 Å². The van der Waals surface area contributed by atoms with Crippen molar-refractivity contribution in [2.45, 2.75) is 44.7 Å². The first-order valence-electron chi connectivity index (χ1n) is 7.85. The van der Waals surface area contributed by atoms with Crippen LogP contribution in [0.15, 0.2) is 22.7 Å². The van der Waals surface area contributed by atoms with Crippen molar-refractivity contribution < 1.29 is 0 Å². The number of hydrogen-bond acceptors (Lipinski definition) is 3. The topological polar surface area (TPSA) is 15.3 Å². The third kappa shape index (κ3) is 5.19. The van der Waals surface area contributed by atoms with Gasteiger partial charge in [0.1, 0.15) is 0 Å². The molecule has 1 fully saturated rings. The number of anilines is 1. The molecule has 118 valence electrons. The molecule has 0 bridgehead atoms. The smallest absolute Gasteiger partial charge is 0.0378 e. The molecule has 0 radical (unpaired) electrons. The van der Waals surface area contributed by atoms with Crippen LogP contribution in [0.4, 0.5) is 5.69 Å². The van der Waals surface area contributed by atoms with Crippen molar-refractivity contribution >= 4 is 33.4 Å². The van der Waals surface area contributed by atoms with E-state index in [1.54, 1.807) is 0 Å². The quantitative estimate of drug-likeness (QED) is 0.819.